The lowest BCUT2D eigenvalue weighted by Gasteiger charge is -2.09. The number of hydrogen-bond acceptors (Lipinski definition) is 5. The standard InChI is InChI=1S/C20H21N3O4/c1-25-16-6-5-7-17(12-16)27-11-10-23-14-15(13-21-22-20(24)26-2)18-8-3-4-9-19(18)23/h3-9,12-14H,10-11H2,1-2H3,(H,22,24)/b21-13+. The third-order valence-electron chi connectivity index (χ3n) is 4.01. The highest BCUT2D eigenvalue weighted by Crippen LogP contribution is 2.21. The largest absolute Gasteiger partial charge is 0.497 e. The molecule has 1 aromatic heterocycles. The van der Waals surface area contributed by atoms with Crippen LogP contribution in [0.3, 0.4) is 0 Å². The molecule has 0 saturated carbocycles. The Bertz CT molecular complexity index is 949. The molecule has 3 aromatic rings. The summed E-state index contributed by atoms with van der Waals surface area (Å²) in [6.45, 7) is 1.17. The van der Waals surface area contributed by atoms with Gasteiger partial charge in [0.2, 0.25) is 0 Å². The van der Waals surface area contributed by atoms with E-state index in [4.69, 9.17) is 9.47 Å². The van der Waals surface area contributed by atoms with Crippen molar-refractivity contribution in [2.75, 3.05) is 20.8 Å². The number of carbonyl (C=O) groups excluding carboxylic acids is 1. The van der Waals surface area contributed by atoms with Crippen molar-refractivity contribution in [1.82, 2.24) is 9.99 Å². The minimum absolute atomic E-state index is 0.503. The number of aromatic nitrogens is 1. The third-order valence-corrected chi connectivity index (χ3v) is 4.01. The molecule has 0 aliphatic rings. The van der Waals surface area contributed by atoms with Crippen molar-refractivity contribution in [3.8, 4) is 11.5 Å². The minimum Gasteiger partial charge on any atom is -0.497 e. The van der Waals surface area contributed by atoms with Crippen LogP contribution in [0.2, 0.25) is 0 Å². The first kappa shape index (κ1) is 18.3. The molecule has 1 amide bonds. The minimum atomic E-state index is -0.610. The number of hydrogen-bond donors (Lipinski definition) is 1. The molecule has 0 aliphatic carbocycles. The van der Waals surface area contributed by atoms with Gasteiger partial charge in [-0.3, -0.25) is 0 Å². The first-order chi connectivity index (χ1) is 13.2. The van der Waals surface area contributed by atoms with E-state index in [0.717, 1.165) is 28.0 Å². The summed E-state index contributed by atoms with van der Waals surface area (Å²) in [4.78, 5) is 11.1. The highest BCUT2D eigenvalue weighted by molar-refractivity contribution is 5.99. The number of methoxy groups -OCH3 is 2. The van der Waals surface area contributed by atoms with E-state index in [2.05, 4.69) is 19.8 Å². The summed E-state index contributed by atoms with van der Waals surface area (Å²) in [5, 5.41) is 4.95. The van der Waals surface area contributed by atoms with E-state index < -0.39 is 6.09 Å². The summed E-state index contributed by atoms with van der Waals surface area (Å²) in [6.07, 6.45) is 2.96. The molecule has 7 nitrogen and oxygen atoms in total. The van der Waals surface area contributed by atoms with Crippen LogP contribution in [0.4, 0.5) is 4.79 Å². The molecule has 0 fully saturated rings. The topological polar surface area (TPSA) is 74.1 Å². The van der Waals surface area contributed by atoms with Gasteiger partial charge in [-0.05, 0) is 18.2 Å². The Morgan fingerprint density at radius 1 is 1.15 bits per heavy atom. The smallest absolute Gasteiger partial charge is 0.427 e. The summed E-state index contributed by atoms with van der Waals surface area (Å²) in [5.74, 6) is 1.52. The van der Waals surface area contributed by atoms with Gasteiger partial charge in [-0.2, -0.15) is 5.10 Å². The zero-order valence-corrected chi connectivity index (χ0v) is 15.2. The molecule has 0 radical (unpaired) electrons. The SMILES string of the molecule is COC(=O)N/N=C/c1cn(CCOc2cccc(OC)c2)c2ccccc12. The van der Waals surface area contributed by atoms with E-state index in [1.807, 2.05) is 54.7 Å². The molecule has 0 aliphatic heterocycles. The first-order valence-corrected chi connectivity index (χ1v) is 8.43. The molecule has 0 unspecified atom stereocenters. The van der Waals surface area contributed by atoms with Crippen molar-refractivity contribution in [1.29, 1.82) is 0 Å². The lowest BCUT2D eigenvalue weighted by molar-refractivity contribution is 0.171. The first-order valence-electron chi connectivity index (χ1n) is 8.43. The maximum absolute atomic E-state index is 11.1. The summed E-state index contributed by atoms with van der Waals surface area (Å²) in [7, 11) is 2.92. The molecular formula is C20H21N3O4. The molecule has 0 saturated heterocycles. The Hall–Kier alpha value is -3.48. The fraction of sp³-hybridized carbons (Fsp3) is 0.200. The zero-order valence-electron chi connectivity index (χ0n) is 15.2. The van der Waals surface area contributed by atoms with Crippen LogP contribution in [0.5, 0.6) is 11.5 Å². The molecule has 1 heterocycles. The average Bonchev–Trinajstić information content (AvgIpc) is 3.06. The van der Waals surface area contributed by atoms with Crippen LogP contribution in [0.1, 0.15) is 5.56 Å². The van der Waals surface area contributed by atoms with Crippen LogP contribution < -0.4 is 14.9 Å². The highest BCUT2D eigenvalue weighted by Gasteiger charge is 2.07. The Labute approximate surface area is 157 Å². The van der Waals surface area contributed by atoms with Crippen molar-refractivity contribution in [2.45, 2.75) is 6.54 Å². The quantitative estimate of drug-likeness (QED) is 0.513. The number of ether oxygens (including phenoxy) is 3. The van der Waals surface area contributed by atoms with Gasteiger partial charge in [-0.25, -0.2) is 10.2 Å². The molecular weight excluding hydrogens is 346 g/mol. The molecule has 140 valence electrons. The second-order valence-electron chi connectivity index (χ2n) is 5.68. The number of amides is 1. The van der Waals surface area contributed by atoms with Gasteiger partial charge in [0.1, 0.15) is 18.1 Å². The Balaban J connectivity index is 1.71. The Morgan fingerprint density at radius 3 is 2.78 bits per heavy atom. The normalized spacial score (nSPS) is 10.9. The second-order valence-corrected chi connectivity index (χ2v) is 5.68. The second kappa shape index (κ2) is 8.75. The molecule has 2 aromatic carbocycles. The summed E-state index contributed by atoms with van der Waals surface area (Å²) in [5.41, 5.74) is 4.25. The van der Waals surface area contributed by atoms with Crippen LogP contribution >= 0.6 is 0 Å². The van der Waals surface area contributed by atoms with Gasteiger partial charge in [0.15, 0.2) is 0 Å². The van der Waals surface area contributed by atoms with Gasteiger partial charge in [-0.1, -0.05) is 24.3 Å². The van der Waals surface area contributed by atoms with Gasteiger partial charge >= 0.3 is 6.09 Å². The van der Waals surface area contributed by atoms with Gasteiger partial charge in [0.05, 0.1) is 27.0 Å². The molecule has 0 bridgehead atoms. The van der Waals surface area contributed by atoms with E-state index >= 15 is 0 Å². The number of hydrazone groups is 1. The maximum Gasteiger partial charge on any atom is 0.427 e. The lowest BCUT2D eigenvalue weighted by Crippen LogP contribution is -2.16. The summed E-state index contributed by atoms with van der Waals surface area (Å²) < 4.78 is 17.6. The van der Waals surface area contributed by atoms with E-state index in [9.17, 15) is 4.79 Å². The van der Waals surface area contributed by atoms with Crippen LogP contribution in [0, 0.1) is 0 Å². The van der Waals surface area contributed by atoms with Crippen molar-refractivity contribution < 1.29 is 19.0 Å². The number of nitrogens with zero attached hydrogens (tertiary/aromatic N) is 2. The molecule has 0 spiro atoms. The molecule has 1 N–H and O–H groups in total. The van der Waals surface area contributed by atoms with E-state index in [0.29, 0.717) is 13.2 Å². The van der Waals surface area contributed by atoms with Crippen LogP contribution in [0.25, 0.3) is 10.9 Å². The highest BCUT2D eigenvalue weighted by atomic mass is 16.5. The van der Waals surface area contributed by atoms with Crippen LogP contribution in [0.15, 0.2) is 59.8 Å². The lowest BCUT2D eigenvalue weighted by atomic mass is 10.2. The van der Waals surface area contributed by atoms with Gasteiger partial charge in [0.25, 0.3) is 0 Å². The fourth-order valence-corrected chi connectivity index (χ4v) is 2.72. The summed E-state index contributed by atoms with van der Waals surface area (Å²) in [6, 6.07) is 15.5. The number of fused-ring (bicyclic) bond motifs is 1. The van der Waals surface area contributed by atoms with Crippen molar-refractivity contribution in [3.63, 3.8) is 0 Å². The van der Waals surface area contributed by atoms with Gasteiger partial charge < -0.3 is 18.8 Å². The fourth-order valence-electron chi connectivity index (χ4n) is 2.72. The number of carbonyl (C=O) groups is 1. The van der Waals surface area contributed by atoms with Crippen molar-refractivity contribution in [3.05, 3.63) is 60.3 Å². The summed E-state index contributed by atoms with van der Waals surface area (Å²) >= 11 is 0. The van der Waals surface area contributed by atoms with Gasteiger partial charge in [-0.15, -0.1) is 0 Å². The third kappa shape index (κ3) is 4.58. The van der Waals surface area contributed by atoms with Gasteiger partial charge in [0, 0.05) is 28.7 Å². The Morgan fingerprint density at radius 2 is 1.96 bits per heavy atom. The van der Waals surface area contributed by atoms with Crippen LogP contribution in [-0.2, 0) is 11.3 Å². The van der Waals surface area contributed by atoms with E-state index in [1.54, 1.807) is 13.3 Å². The number of rotatable bonds is 7. The monoisotopic (exact) mass is 367 g/mol. The van der Waals surface area contributed by atoms with Crippen LogP contribution in [-0.4, -0.2) is 37.7 Å². The number of benzene rings is 2. The predicted octanol–water partition coefficient (Wildman–Crippen LogP) is 3.42. The average molecular weight is 367 g/mol. The number of para-hydroxylation sites is 1. The zero-order chi connectivity index (χ0) is 19.1. The van der Waals surface area contributed by atoms with Crippen molar-refractivity contribution >= 4 is 23.2 Å². The molecule has 7 heteroatoms. The maximum atomic E-state index is 11.1. The van der Waals surface area contributed by atoms with E-state index in [1.165, 1.54) is 7.11 Å². The predicted molar refractivity (Wildman–Crippen MR) is 104 cm³/mol. The van der Waals surface area contributed by atoms with Crippen molar-refractivity contribution in [2.24, 2.45) is 5.10 Å². The molecule has 27 heavy (non-hydrogen) atoms. The molecule has 0 atom stereocenters. The number of nitrogens with one attached hydrogen (secondary N) is 1. The van der Waals surface area contributed by atoms with E-state index in [-0.39, 0.29) is 0 Å². The Kier molecular flexibility index (Phi) is 5.94. The molecule has 3 rings (SSSR count).